The van der Waals surface area contributed by atoms with Crippen LogP contribution in [0.4, 0.5) is 4.39 Å². The largest absolute Gasteiger partial charge is 0.512 e. The number of aliphatic hydroxyl groups is 3. The van der Waals surface area contributed by atoms with Crippen molar-refractivity contribution in [1.29, 1.82) is 0 Å². The maximum Gasteiger partial charge on any atom is 0.162 e. The van der Waals surface area contributed by atoms with Gasteiger partial charge in [0.1, 0.15) is 5.82 Å². The Labute approximate surface area is 731 Å². The molecule has 0 aliphatic carbocycles. The van der Waals surface area contributed by atoms with Crippen LogP contribution in [0.25, 0.3) is 99.9 Å². The van der Waals surface area contributed by atoms with E-state index in [1.165, 1.54) is 99.5 Å². The van der Waals surface area contributed by atoms with Crippen LogP contribution in [0.5, 0.6) is 0 Å². The van der Waals surface area contributed by atoms with Crippen molar-refractivity contribution in [1.82, 2.24) is 15.0 Å². The van der Waals surface area contributed by atoms with Gasteiger partial charge in [0.2, 0.25) is 0 Å². The number of halogens is 1. The van der Waals surface area contributed by atoms with E-state index in [1.807, 2.05) is 80.5 Å². The summed E-state index contributed by atoms with van der Waals surface area (Å²) in [6.07, 6.45) is 11.0. The van der Waals surface area contributed by atoms with E-state index in [2.05, 4.69) is 230 Å². The summed E-state index contributed by atoms with van der Waals surface area (Å²) in [7, 11) is 0. The molecule has 0 saturated heterocycles. The summed E-state index contributed by atoms with van der Waals surface area (Å²) in [5.74, 6) is 1.35. The number of hydrogen-bond donors (Lipinski definition) is 3. The summed E-state index contributed by atoms with van der Waals surface area (Å²) in [4.78, 5) is 48.1. The number of nitrogens with zero attached hydrogens (tertiary/aromatic N) is 3. The van der Waals surface area contributed by atoms with Crippen LogP contribution in [0.2, 0.25) is 0 Å². The standard InChI is InChI=1S/C26H24N.C23H17FN.C23H18N.2C13H24O2.C5H8O2.3Ir/c1-17(2)20-8-10-21(11-9-20)23-6-5-7-26-24(23)12-13-25(27-26)22-15-18(3)14-19(4)16-22;1-15-11-16(2)13-20(12-15)22-10-7-18-3-4-19(14-23(18)25-22)17-5-8-21(24)9-6-17;1-16-13-17(2)15-19(14-16)22-12-11-21-20(9-6-10-23(21)24-22)18-7-4-3-5-8-18;2*1-5-10(6-2)12(14)9-13(15)11(7-3)8-4;1-4(6)3-5(2)7;;;/h5-15,17H,1-4H3;3-12,14H,1-2H3;3-14H,1-2H3;2*9-11,14H,5-8H2,1-4H3;3,6H,1-2H3;;;/q3*-1;;;;;;. The van der Waals surface area contributed by atoms with Gasteiger partial charge in [0.15, 0.2) is 17.3 Å². The van der Waals surface area contributed by atoms with E-state index < -0.39 is 0 Å². The van der Waals surface area contributed by atoms with E-state index in [0.29, 0.717) is 5.92 Å². The van der Waals surface area contributed by atoms with Crippen molar-refractivity contribution in [3.63, 3.8) is 0 Å². The van der Waals surface area contributed by atoms with Gasteiger partial charge in [0.25, 0.3) is 0 Å². The Balaban J connectivity index is 0.000000302. The fraction of sp³-hybridized carbons (Fsp3) is 0.301. The van der Waals surface area contributed by atoms with E-state index in [-0.39, 0.29) is 124 Å². The third kappa shape index (κ3) is 29.7. The molecule has 0 fully saturated rings. The minimum absolute atomic E-state index is 0. The second-order valence-corrected chi connectivity index (χ2v) is 29.5. The van der Waals surface area contributed by atoms with Gasteiger partial charge in [-0.05, 0) is 163 Å². The SMILES string of the molecule is CC(=O)C=C(C)O.CCC(CC)C(=O)C=C(O)C(CC)CC.CCC(CC)C(=O)C=C(O)C(CC)CC.Cc1[c-]c(-c2ccc3c(-c4ccc(C(C)C)cc4)cccc3n2)cc(C)c1.Cc1[c-]c(-c2ccc3c(-c4ccccc4)cccc3n2)cc(C)c1.Cc1[c-]c(-c2ccc3ccc(-c4ccc(F)cc4)cc3n2)cc(C)c1.[Ir].[Ir].[Ir]. The van der Waals surface area contributed by atoms with Crippen LogP contribution in [0, 0.1) is 89.2 Å². The molecule has 116 heavy (non-hydrogen) atoms. The number of fused-ring (bicyclic) bond motifs is 3. The third-order valence-electron chi connectivity index (χ3n) is 20.2. The smallest absolute Gasteiger partial charge is 0.162 e. The van der Waals surface area contributed by atoms with Gasteiger partial charge in [0.05, 0.1) is 33.8 Å². The van der Waals surface area contributed by atoms with Gasteiger partial charge in [0, 0.05) is 113 Å². The van der Waals surface area contributed by atoms with E-state index in [0.717, 1.165) is 135 Å². The number of ketones is 3. The van der Waals surface area contributed by atoms with Gasteiger partial charge >= 0.3 is 0 Å². The number of allylic oxidation sites excluding steroid dienone is 6. The molecule has 13 heteroatoms. The van der Waals surface area contributed by atoms with Crippen molar-refractivity contribution in [3.8, 4) is 67.2 Å². The summed E-state index contributed by atoms with van der Waals surface area (Å²) in [6.45, 7) is 35.9. The normalized spacial score (nSPS) is 11.2. The van der Waals surface area contributed by atoms with Gasteiger partial charge in [-0.2, -0.15) is 0 Å². The zero-order chi connectivity index (χ0) is 82.4. The predicted molar refractivity (Wildman–Crippen MR) is 472 cm³/mol. The first-order valence-electron chi connectivity index (χ1n) is 40.0. The Hall–Kier alpha value is -9.28. The molecule has 0 aliphatic heterocycles. The Morgan fingerprint density at radius 2 is 0.733 bits per heavy atom. The number of pyridine rings is 3. The van der Waals surface area contributed by atoms with Crippen LogP contribution in [0.1, 0.15) is 179 Å². The summed E-state index contributed by atoms with van der Waals surface area (Å²) >= 11 is 0. The van der Waals surface area contributed by atoms with Crippen LogP contribution in [-0.4, -0.2) is 47.6 Å². The summed E-state index contributed by atoms with van der Waals surface area (Å²) in [5, 5.41) is 31.3. The molecule has 3 aromatic heterocycles. The van der Waals surface area contributed by atoms with Gasteiger partial charge in [-0.3, -0.25) is 29.3 Å². The number of carbonyl (C=O) groups is 3. The molecular weight excluding hydrogens is 1970 g/mol. The zero-order valence-electron chi connectivity index (χ0n) is 70.7. The Kier molecular flexibility index (Phi) is 42.5. The first kappa shape index (κ1) is 99.1. The fourth-order valence-corrected chi connectivity index (χ4v) is 13.8. The monoisotopic (exact) mass is 2090 g/mol. The number of aryl methyl sites for hydroxylation is 6. The first-order chi connectivity index (χ1) is 54.1. The quantitative estimate of drug-likeness (QED) is 0.0342. The molecule has 615 valence electrons. The maximum atomic E-state index is 13.1. The van der Waals surface area contributed by atoms with Gasteiger partial charge in [-0.15, -0.1) is 105 Å². The number of aliphatic hydroxyl groups excluding tert-OH is 3. The van der Waals surface area contributed by atoms with E-state index in [1.54, 1.807) is 12.1 Å². The second-order valence-electron chi connectivity index (χ2n) is 29.5. The van der Waals surface area contributed by atoms with E-state index >= 15 is 0 Å². The molecule has 9 nitrogen and oxygen atoms in total. The second kappa shape index (κ2) is 49.7. The van der Waals surface area contributed by atoms with Crippen molar-refractivity contribution in [2.24, 2.45) is 23.7 Å². The van der Waals surface area contributed by atoms with Crippen molar-refractivity contribution >= 4 is 50.1 Å². The molecule has 0 unspecified atom stereocenters. The first-order valence-corrected chi connectivity index (χ1v) is 40.0. The Bertz CT molecular complexity index is 5120. The third-order valence-corrected chi connectivity index (χ3v) is 20.2. The van der Waals surface area contributed by atoms with Crippen molar-refractivity contribution in [3.05, 3.63) is 305 Å². The molecule has 0 amide bonds. The summed E-state index contributed by atoms with van der Waals surface area (Å²) in [5.41, 5.74) is 24.3. The van der Waals surface area contributed by atoms with Gasteiger partial charge in [-0.25, -0.2) is 4.39 Å². The molecular formula is C103H115FIr3N3O6-3. The van der Waals surface area contributed by atoms with Crippen LogP contribution < -0.4 is 0 Å². The fourth-order valence-electron chi connectivity index (χ4n) is 13.8. The molecule has 9 aromatic carbocycles. The van der Waals surface area contributed by atoms with E-state index in [9.17, 15) is 29.0 Å². The van der Waals surface area contributed by atoms with Crippen LogP contribution in [0.15, 0.2) is 242 Å². The Morgan fingerprint density at radius 1 is 0.379 bits per heavy atom. The number of hydrogen-bond acceptors (Lipinski definition) is 9. The predicted octanol–water partition coefficient (Wildman–Crippen LogP) is 28.0. The molecule has 3 radical (unpaired) electrons. The van der Waals surface area contributed by atoms with Crippen LogP contribution in [0.3, 0.4) is 0 Å². The molecule has 3 heterocycles. The minimum Gasteiger partial charge on any atom is -0.512 e. The van der Waals surface area contributed by atoms with Crippen molar-refractivity contribution in [2.45, 2.75) is 182 Å². The topological polar surface area (TPSA) is 151 Å². The minimum atomic E-state index is -0.227. The molecule has 0 atom stereocenters. The maximum absolute atomic E-state index is 13.1. The molecule has 3 N–H and O–H groups in total. The average Bonchev–Trinajstić information content (AvgIpc) is 0.791. The van der Waals surface area contributed by atoms with Crippen LogP contribution >= 0.6 is 0 Å². The number of carbonyl (C=O) groups excluding carboxylic acids is 3. The molecule has 12 rings (SSSR count). The Morgan fingerprint density at radius 3 is 1.09 bits per heavy atom. The number of aromatic nitrogens is 3. The van der Waals surface area contributed by atoms with Crippen molar-refractivity contribution in [2.75, 3.05) is 0 Å². The summed E-state index contributed by atoms with van der Waals surface area (Å²) < 4.78 is 13.1. The molecule has 0 saturated carbocycles. The molecule has 0 spiro atoms. The van der Waals surface area contributed by atoms with E-state index in [4.69, 9.17) is 20.1 Å². The summed E-state index contributed by atoms with van der Waals surface area (Å²) in [6, 6.07) is 80.4. The van der Waals surface area contributed by atoms with Gasteiger partial charge < -0.3 is 15.3 Å². The van der Waals surface area contributed by atoms with Crippen molar-refractivity contribution < 1.29 is 94.4 Å². The molecule has 12 aromatic rings. The molecule has 0 aliphatic rings. The number of rotatable bonds is 22. The average molecular weight is 2090 g/mol. The number of benzene rings is 9. The van der Waals surface area contributed by atoms with Crippen LogP contribution in [-0.2, 0) is 74.7 Å². The van der Waals surface area contributed by atoms with Gasteiger partial charge in [-0.1, -0.05) is 250 Å². The molecule has 0 bridgehead atoms. The zero-order valence-corrected chi connectivity index (χ0v) is 77.9.